The van der Waals surface area contributed by atoms with Crippen LogP contribution in [0.1, 0.15) is 112 Å². The SMILES string of the molecule is C=C(CCC)CC(=C)CN1CCC(c2cccc(C)c2OC(C)(C2=CC=C2)c2ccccc2)CC1.CCC.Cc1ccc(C(=O)C2=CC=C2)cc1C.[HH]. The number of para-hydroxylation sites is 1. The monoisotopic (exact) mass is 697 g/mol. The van der Waals surface area contributed by atoms with Crippen molar-refractivity contribution in [3.8, 4) is 5.75 Å². The number of ketones is 1. The van der Waals surface area contributed by atoms with E-state index >= 15 is 0 Å². The molecule has 3 heteroatoms. The molecule has 0 spiro atoms. The Morgan fingerprint density at radius 1 is 0.846 bits per heavy atom. The average Bonchev–Trinajstić information content (AvgIpc) is 3.07. The van der Waals surface area contributed by atoms with E-state index in [4.69, 9.17) is 4.74 Å². The number of carbonyl (C=O) groups is 1. The third-order valence-electron chi connectivity index (χ3n) is 10.1. The molecule has 1 fully saturated rings. The maximum Gasteiger partial charge on any atom is 0.193 e. The van der Waals surface area contributed by atoms with Gasteiger partial charge >= 0.3 is 0 Å². The molecule has 0 bridgehead atoms. The third kappa shape index (κ3) is 10.5. The fourth-order valence-electron chi connectivity index (χ4n) is 6.85. The molecule has 3 aromatic rings. The van der Waals surface area contributed by atoms with Crippen LogP contribution in [0, 0.1) is 20.8 Å². The molecule has 52 heavy (non-hydrogen) atoms. The van der Waals surface area contributed by atoms with Gasteiger partial charge in [0.1, 0.15) is 5.75 Å². The Kier molecular flexibility index (Phi) is 15.0. The molecule has 0 saturated carbocycles. The van der Waals surface area contributed by atoms with Crippen molar-refractivity contribution in [2.75, 3.05) is 19.6 Å². The number of allylic oxidation sites excluding steroid dienone is 7. The molecular formula is C49H63NO2. The van der Waals surface area contributed by atoms with Gasteiger partial charge in [-0.3, -0.25) is 9.69 Å². The highest BCUT2D eigenvalue weighted by molar-refractivity contribution is 6.12. The highest BCUT2D eigenvalue weighted by Crippen LogP contribution is 2.43. The maximum absolute atomic E-state index is 11.8. The predicted molar refractivity (Wildman–Crippen MR) is 225 cm³/mol. The first-order chi connectivity index (χ1) is 25.0. The first-order valence-electron chi connectivity index (χ1n) is 19.3. The highest BCUT2D eigenvalue weighted by atomic mass is 16.5. The fourth-order valence-corrected chi connectivity index (χ4v) is 6.85. The number of aryl methyl sites for hydroxylation is 3. The lowest BCUT2D eigenvalue weighted by atomic mass is 9.83. The Labute approximate surface area is 316 Å². The Hall–Kier alpha value is -4.47. The summed E-state index contributed by atoms with van der Waals surface area (Å²) in [6.07, 6.45) is 18.8. The van der Waals surface area contributed by atoms with Crippen molar-refractivity contribution in [2.24, 2.45) is 0 Å². The van der Waals surface area contributed by atoms with Crippen molar-refractivity contribution in [1.82, 2.24) is 4.90 Å². The summed E-state index contributed by atoms with van der Waals surface area (Å²) in [7, 11) is 0. The van der Waals surface area contributed by atoms with Gasteiger partial charge in [-0.2, -0.15) is 0 Å². The standard InChI is InChI=1S/C33H41NO.C13H12O.C3H8.H2/c1-6-12-25(2)23-26(3)24-34-21-19-28(20-22-34)31-18-10-13-27(4)32(31)35-33(5,30-16-11-17-30)29-14-8-7-9-15-29;1-9-6-7-12(8-10(9)2)13(14)11-4-3-5-11;1-3-2;/h7-11,13-18,28H,2-3,6,12,19-24H2,1,4-5H3;3-8H,1-2H3;3H2,1-2H3;1H. The van der Waals surface area contributed by atoms with Gasteiger partial charge in [-0.25, -0.2) is 0 Å². The zero-order chi connectivity index (χ0) is 37.7. The molecule has 3 nitrogen and oxygen atoms in total. The fraction of sp³-hybridized carbons (Fsp3) is 0.367. The van der Waals surface area contributed by atoms with Crippen LogP contribution in [-0.4, -0.2) is 30.3 Å². The zero-order valence-corrected chi connectivity index (χ0v) is 32.9. The Bertz CT molecular complexity index is 1820. The Morgan fingerprint density at radius 2 is 1.50 bits per heavy atom. The van der Waals surface area contributed by atoms with Crippen molar-refractivity contribution >= 4 is 5.78 Å². The van der Waals surface area contributed by atoms with Gasteiger partial charge in [0.25, 0.3) is 0 Å². The van der Waals surface area contributed by atoms with E-state index in [1.807, 2.05) is 50.3 Å². The van der Waals surface area contributed by atoms with Gasteiger partial charge in [0.05, 0.1) is 0 Å². The number of Topliss-reactive ketones (excluding diaryl/α,β-unsaturated/α-hetero) is 1. The topological polar surface area (TPSA) is 29.5 Å². The largest absolute Gasteiger partial charge is 0.478 e. The van der Waals surface area contributed by atoms with Crippen molar-refractivity contribution in [3.05, 3.63) is 172 Å². The van der Waals surface area contributed by atoms with Crippen LogP contribution >= 0.6 is 0 Å². The molecular weight excluding hydrogens is 635 g/mol. The number of likely N-dealkylation sites (tertiary alicyclic amines) is 1. The maximum atomic E-state index is 11.8. The van der Waals surface area contributed by atoms with Crippen LogP contribution in [0.4, 0.5) is 0 Å². The number of hydrogen-bond acceptors (Lipinski definition) is 3. The number of rotatable bonds is 13. The normalized spacial score (nSPS) is 16.0. The quantitative estimate of drug-likeness (QED) is 0.132. The number of nitrogens with zero attached hydrogens (tertiary/aromatic N) is 1. The second-order valence-electron chi connectivity index (χ2n) is 14.8. The van der Waals surface area contributed by atoms with Gasteiger partial charge in [-0.15, -0.1) is 0 Å². The van der Waals surface area contributed by atoms with Crippen LogP contribution in [0.5, 0.6) is 5.75 Å². The summed E-state index contributed by atoms with van der Waals surface area (Å²) in [6.45, 7) is 26.7. The molecule has 2 aliphatic carbocycles. The highest BCUT2D eigenvalue weighted by Gasteiger charge is 2.36. The number of carbonyl (C=O) groups excluding carboxylic acids is 1. The second-order valence-corrected chi connectivity index (χ2v) is 14.8. The van der Waals surface area contributed by atoms with Gasteiger partial charge in [-0.1, -0.05) is 155 Å². The molecule has 0 amide bonds. The number of ether oxygens (including phenoxy) is 1. The minimum atomic E-state index is -0.504. The lowest BCUT2D eigenvalue weighted by molar-refractivity contribution is 0.103. The average molecular weight is 698 g/mol. The van der Waals surface area contributed by atoms with E-state index in [2.05, 4.69) is 119 Å². The van der Waals surface area contributed by atoms with Crippen molar-refractivity contribution < 1.29 is 11.0 Å². The van der Waals surface area contributed by atoms with Crippen molar-refractivity contribution in [3.63, 3.8) is 0 Å². The van der Waals surface area contributed by atoms with E-state index in [1.54, 1.807) is 0 Å². The summed E-state index contributed by atoms with van der Waals surface area (Å²) in [6, 6.07) is 23.1. The van der Waals surface area contributed by atoms with E-state index < -0.39 is 5.60 Å². The first kappa shape index (κ1) is 40.3. The van der Waals surface area contributed by atoms with E-state index in [0.717, 1.165) is 68.6 Å². The number of benzene rings is 3. The van der Waals surface area contributed by atoms with Crippen LogP contribution in [0.15, 0.2) is 139 Å². The molecule has 1 saturated heterocycles. The van der Waals surface area contributed by atoms with Gasteiger partial charge in [-0.05, 0) is 112 Å². The summed E-state index contributed by atoms with van der Waals surface area (Å²) >= 11 is 0. The van der Waals surface area contributed by atoms with E-state index in [1.165, 1.54) is 51.0 Å². The van der Waals surface area contributed by atoms with E-state index in [0.29, 0.717) is 5.92 Å². The van der Waals surface area contributed by atoms with E-state index in [9.17, 15) is 4.79 Å². The lowest BCUT2D eigenvalue weighted by Gasteiger charge is -2.38. The molecule has 0 N–H and O–H groups in total. The zero-order valence-electron chi connectivity index (χ0n) is 32.9. The minimum Gasteiger partial charge on any atom is -0.478 e. The van der Waals surface area contributed by atoms with Crippen molar-refractivity contribution in [1.29, 1.82) is 0 Å². The summed E-state index contributed by atoms with van der Waals surface area (Å²) in [4.78, 5) is 14.3. The second kappa shape index (κ2) is 19.4. The number of hydrogen-bond donors (Lipinski definition) is 0. The number of piperidine rings is 1. The molecule has 0 radical (unpaired) electrons. The molecule has 3 aliphatic rings. The smallest absolute Gasteiger partial charge is 0.193 e. The third-order valence-corrected chi connectivity index (χ3v) is 10.1. The van der Waals surface area contributed by atoms with Crippen molar-refractivity contribution in [2.45, 2.75) is 98.5 Å². The summed E-state index contributed by atoms with van der Waals surface area (Å²) in [5, 5.41) is 0. The molecule has 1 atom stereocenters. The Balaban J connectivity index is 0.000000349. The van der Waals surface area contributed by atoms with Gasteiger partial charge in [0.15, 0.2) is 11.4 Å². The Morgan fingerprint density at radius 3 is 2.06 bits per heavy atom. The van der Waals surface area contributed by atoms with Crippen LogP contribution in [0.2, 0.25) is 0 Å². The van der Waals surface area contributed by atoms with Gasteiger partial charge in [0.2, 0.25) is 0 Å². The first-order valence-corrected chi connectivity index (χ1v) is 19.3. The van der Waals surface area contributed by atoms with Gasteiger partial charge < -0.3 is 4.74 Å². The minimum absolute atomic E-state index is 0. The molecule has 1 heterocycles. The lowest BCUT2D eigenvalue weighted by Crippen LogP contribution is -2.35. The van der Waals surface area contributed by atoms with Crippen LogP contribution < -0.4 is 4.74 Å². The molecule has 1 unspecified atom stereocenters. The summed E-state index contributed by atoms with van der Waals surface area (Å²) in [5.74, 6) is 1.68. The molecule has 3 aromatic carbocycles. The van der Waals surface area contributed by atoms with Crippen LogP contribution in [0.25, 0.3) is 0 Å². The van der Waals surface area contributed by atoms with E-state index in [-0.39, 0.29) is 7.21 Å². The van der Waals surface area contributed by atoms with Gasteiger partial charge in [0, 0.05) is 19.1 Å². The molecule has 276 valence electrons. The molecule has 1 aliphatic heterocycles. The van der Waals surface area contributed by atoms with Crippen LogP contribution in [0.3, 0.4) is 0 Å². The molecule has 0 aromatic heterocycles. The van der Waals surface area contributed by atoms with Crippen LogP contribution in [-0.2, 0) is 5.60 Å². The molecule has 6 rings (SSSR count). The summed E-state index contributed by atoms with van der Waals surface area (Å²) < 4.78 is 7.01. The predicted octanol–water partition coefficient (Wildman–Crippen LogP) is 12.9. The summed E-state index contributed by atoms with van der Waals surface area (Å²) in [5.41, 5.74) is 11.0.